The van der Waals surface area contributed by atoms with Crippen molar-refractivity contribution in [2.24, 2.45) is 0 Å². The van der Waals surface area contributed by atoms with E-state index < -0.39 is 0 Å². The molecular weight excluding hydrogens is 199 g/mol. The molecule has 0 saturated heterocycles. The Morgan fingerprint density at radius 2 is 1.86 bits per heavy atom. The van der Waals surface area contributed by atoms with Crippen LogP contribution in [0.25, 0.3) is 0 Å². The van der Waals surface area contributed by atoms with E-state index in [1.165, 1.54) is 0 Å². The summed E-state index contributed by atoms with van der Waals surface area (Å²) in [5.41, 5.74) is 1.59. The first-order chi connectivity index (χ1) is 6.36. The van der Waals surface area contributed by atoms with E-state index in [0.717, 1.165) is 12.0 Å². The van der Waals surface area contributed by atoms with Crippen molar-refractivity contribution in [2.75, 3.05) is 0 Å². The maximum Gasteiger partial charge on any atom is 0.145 e. The number of halogens is 2. The molecule has 78 valence electrons. The lowest BCUT2D eigenvalue weighted by Gasteiger charge is -2.21. The largest absolute Gasteiger partial charge is 0.205 e. The van der Waals surface area contributed by atoms with E-state index in [4.69, 9.17) is 11.6 Å². The second-order valence-electron chi connectivity index (χ2n) is 4.54. The molecule has 14 heavy (non-hydrogen) atoms. The highest BCUT2D eigenvalue weighted by atomic mass is 35.5. The fraction of sp³-hybridized carbons (Fsp3) is 0.500. The molecule has 0 fully saturated rings. The number of benzene rings is 1. The zero-order valence-corrected chi connectivity index (χ0v) is 9.87. The van der Waals surface area contributed by atoms with Gasteiger partial charge in [-0.2, -0.15) is 0 Å². The predicted octanol–water partition coefficient (Wildman–Crippen LogP) is 4.34. The van der Waals surface area contributed by atoms with Gasteiger partial charge in [0, 0.05) is 0 Å². The Balaban J connectivity index is 3.35. The standard InChI is InChI=1S/C12H16ClF/c1-5-8-6-9(12(2,3)4)11(14)10(13)7-8/h6-7H,5H2,1-4H3. The fourth-order valence-corrected chi connectivity index (χ4v) is 1.64. The smallest absolute Gasteiger partial charge is 0.145 e. The van der Waals surface area contributed by atoms with Gasteiger partial charge in [-0.3, -0.25) is 0 Å². The molecule has 0 nitrogen and oxygen atoms in total. The minimum atomic E-state index is -0.281. The Morgan fingerprint density at radius 3 is 2.29 bits per heavy atom. The molecule has 0 aliphatic heterocycles. The first-order valence-electron chi connectivity index (χ1n) is 4.84. The molecule has 1 aromatic rings. The summed E-state index contributed by atoms with van der Waals surface area (Å²) >= 11 is 5.83. The first kappa shape index (κ1) is 11.5. The summed E-state index contributed by atoms with van der Waals surface area (Å²) in [4.78, 5) is 0. The number of hydrogen-bond acceptors (Lipinski definition) is 0. The summed E-state index contributed by atoms with van der Waals surface area (Å²) in [5, 5.41) is 0.231. The molecule has 0 aliphatic carbocycles. The van der Waals surface area contributed by atoms with E-state index in [2.05, 4.69) is 0 Å². The topological polar surface area (TPSA) is 0 Å². The van der Waals surface area contributed by atoms with Crippen molar-refractivity contribution in [1.29, 1.82) is 0 Å². The predicted molar refractivity (Wildman–Crippen MR) is 59.5 cm³/mol. The lowest BCUT2D eigenvalue weighted by atomic mass is 9.85. The molecule has 0 spiro atoms. The van der Waals surface area contributed by atoms with Crippen LogP contribution in [0, 0.1) is 5.82 Å². The Labute approximate surface area is 90.1 Å². The molecule has 0 heterocycles. The Bertz CT molecular complexity index is 337. The average Bonchev–Trinajstić information content (AvgIpc) is 2.07. The van der Waals surface area contributed by atoms with Crippen molar-refractivity contribution in [1.82, 2.24) is 0 Å². The van der Waals surface area contributed by atoms with E-state index in [0.29, 0.717) is 5.56 Å². The van der Waals surface area contributed by atoms with Crippen LogP contribution in [0.5, 0.6) is 0 Å². The molecule has 0 aliphatic rings. The molecule has 0 saturated carbocycles. The van der Waals surface area contributed by atoms with Crippen molar-refractivity contribution >= 4 is 11.6 Å². The first-order valence-corrected chi connectivity index (χ1v) is 5.22. The highest BCUT2D eigenvalue weighted by molar-refractivity contribution is 6.30. The van der Waals surface area contributed by atoms with Crippen molar-refractivity contribution in [3.8, 4) is 0 Å². The molecule has 0 amide bonds. The van der Waals surface area contributed by atoms with E-state index in [9.17, 15) is 4.39 Å². The molecule has 0 bridgehead atoms. The van der Waals surface area contributed by atoms with Gasteiger partial charge in [-0.1, -0.05) is 45.4 Å². The Kier molecular flexibility index (Phi) is 3.20. The monoisotopic (exact) mass is 214 g/mol. The van der Waals surface area contributed by atoms with Crippen LogP contribution >= 0.6 is 11.6 Å². The number of rotatable bonds is 1. The minimum Gasteiger partial charge on any atom is -0.205 e. The second kappa shape index (κ2) is 3.90. The third-order valence-corrected chi connectivity index (χ3v) is 2.58. The van der Waals surface area contributed by atoms with Crippen LogP contribution in [0.2, 0.25) is 5.02 Å². The zero-order chi connectivity index (χ0) is 10.9. The Morgan fingerprint density at radius 1 is 1.29 bits per heavy atom. The molecular formula is C12H16ClF. The molecule has 2 heteroatoms. The van der Waals surface area contributed by atoms with Crippen LogP contribution < -0.4 is 0 Å². The van der Waals surface area contributed by atoms with E-state index in [1.54, 1.807) is 6.07 Å². The van der Waals surface area contributed by atoms with Crippen LogP contribution in [0.3, 0.4) is 0 Å². The molecule has 0 N–H and O–H groups in total. The van der Waals surface area contributed by atoms with Gasteiger partial charge in [0.15, 0.2) is 0 Å². The summed E-state index contributed by atoms with van der Waals surface area (Å²) in [6.45, 7) is 8.00. The van der Waals surface area contributed by atoms with Gasteiger partial charge >= 0.3 is 0 Å². The van der Waals surface area contributed by atoms with Gasteiger partial charge in [0.25, 0.3) is 0 Å². The number of hydrogen-bond donors (Lipinski definition) is 0. The minimum absolute atomic E-state index is 0.196. The summed E-state index contributed by atoms with van der Waals surface area (Å²) < 4.78 is 13.7. The molecule has 0 atom stereocenters. The van der Waals surface area contributed by atoms with Crippen molar-refractivity contribution < 1.29 is 4.39 Å². The maximum absolute atomic E-state index is 13.7. The van der Waals surface area contributed by atoms with Crippen LogP contribution in [-0.2, 0) is 11.8 Å². The van der Waals surface area contributed by atoms with Crippen molar-refractivity contribution in [2.45, 2.75) is 39.5 Å². The third-order valence-electron chi connectivity index (χ3n) is 2.30. The normalized spacial score (nSPS) is 11.9. The van der Waals surface area contributed by atoms with Gasteiger partial charge in [0.05, 0.1) is 5.02 Å². The van der Waals surface area contributed by atoms with Gasteiger partial charge in [0.1, 0.15) is 5.82 Å². The van der Waals surface area contributed by atoms with Gasteiger partial charge in [-0.05, 0) is 29.0 Å². The average molecular weight is 215 g/mol. The highest BCUT2D eigenvalue weighted by Gasteiger charge is 2.20. The van der Waals surface area contributed by atoms with Gasteiger partial charge in [0.2, 0.25) is 0 Å². The van der Waals surface area contributed by atoms with Crippen LogP contribution in [0.1, 0.15) is 38.8 Å². The third kappa shape index (κ3) is 2.27. The quantitative estimate of drug-likeness (QED) is 0.653. The van der Waals surface area contributed by atoms with Crippen molar-refractivity contribution in [3.63, 3.8) is 0 Å². The number of aryl methyl sites for hydroxylation is 1. The summed E-state index contributed by atoms with van der Waals surface area (Å²) in [6.07, 6.45) is 0.878. The molecule has 0 radical (unpaired) electrons. The van der Waals surface area contributed by atoms with E-state index in [-0.39, 0.29) is 16.3 Å². The van der Waals surface area contributed by atoms with Crippen LogP contribution in [-0.4, -0.2) is 0 Å². The highest BCUT2D eigenvalue weighted by Crippen LogP contribution is 2.30. The fourth-order valence-electron chi connectivity index (χ4n) is 1.40. The van der Waals surface area contributed by atoms with Gasteiger partial charge < -0.3 is 0 Å². The molecule has 1 rings (SSSR count). The summed E-state index contributed by atoms with van der Waals surface area (Å²) in [6, 6.07) is 3.60. The molecule has 0 aromatic heterocycles. The van der Waals surface area contributed by atoms with Gasteiger partial charge in [-0.25, -0.2) is 4.39 Å². The molecule has 0 unspecified atom stereocenters. The van der Waals surface area contributed by atoms with Gasteiger partial charge in [-0.15, -0.1) is 0 Å². The molecule has 1 aromatic carbocycles. The van der Waals surface area contributed by atoms with Crippen LogP contribution in [0.4, 0.5) is 4.39 Å². The van der Waals surface area contributed by atoms with E-state index in [1.807, 2.05) is 33.8 Å². The van der Waals surface area contributed by atoms with Crippen LogP contribution in [0.15, 0.2) is 12.1 Å². The maximum atomic E-state index is 13.7. The Hall–Kier alpha value is -0.560. The van der Waals surface area contributed by atoms with Crippen molar-refractivity contribution in [3.05, 3.63) is 34.1 Å². The lowest BCUT2D eigenvalue weighted by molar-refractivity contribution is 0.522. The SMILES string of the molecule is CCc1cc(Cl)c(F)c(C(C)(C)C)c1. The zero-order valence-electron chi connectivity index (χ0n) is 9.12. The second-order valence-corrected chi connectivity index (χ2v) is 4.95. The summed E-state index contributed by atoms with van der Waals surface area (Å²) in [7, 11) is 0. The lowest BCUT2D eigenvalue weighted by Crippen LogP contribution is -2.14. The summed E-state index contributed by atoms with van der Waals surface area (Å²) in [5.74, 6) is -0.281. The van der Waals surface area contributed by atoms with E-state index >= 15 is 0 Å².